The van der Waals surface area contributed by atoms with E-state index in [1.165, 1.54) is 12.1 Å². The summed E-state index contributed by atoms with van der Waals surface area (Å²) >= 11 is 0. The smallest absolute Gasteiger partial charge is 0.270 e. The second kappa shape index (κ2) is 6.09. The number of nitrogens with zero attached hydrogens (tertiary/aromatic N) is 1. The van der Waals surface area contributed by atoms with E-state index < -0.39 is 21.0 Å². The van der Waals surface area contributed by atoms with E-state index in [1.54, 1.807) is 13.8 Å². The summed E-state index contributed by atoms with van der Waals surface area (Å²) in [6.45, 7) is 2.95. The number of rotatable bonds is 6. The Kier molecular flexibility index (Phi) is 4.98. The minimum atomic E-state index is -3.88. The monoisotopic (exact) mass is 288 g/mol. The molecule has 0 saturated carbocycles. The highest BCUT2D eigenvalue weighted by Gasteiger charge is 2.23. The third kappa shape index (κ3) is 3.72. The van der Waals surface area contributed by atoms with E-state index in [2.05, 4.69) is 4.72 Å². The zero-order valence-corrected chi connectivity index (χ0v) is 11.5. The Morgan fingerprint density at radius 3 is 2.58 bits per heavy atom. The number of sulfonamides is 1. The van der Waals surface area contributed by atoms with Gasteiger partial charge in [-0.05, 0) is 18.9 Å². The Balaban J connectivity index is 3.20. The van der Waals surface area contributed by atoms with Crippen molar-refractivity contribution in [2.45, 2.75) is 31.2 Å². The van der Waals surface area contributed by atoms with Crippen molar-refractivity contribution in [1.29, 1.82) is 0 Å². The van der Waals surface area contributed by atoms with Crippen molar-refractivity contribution in [2.24, 2.45) is 0 Å². The van der Waals surface area contributed by atoms with Gasteiger partial charge in [-0.15, -0.1) is 0 Å². The zero-order valence-electron chi connectivity index (χ0n) is 10.7. The summed E-state index contributed by atoms with van der Waals surface area (Å²) < 4.78 is 26.5. The first-order valence-electron chi connectivity index (χ1n) is 5.70. The minimum Gasteiger partial charge on any atom is -0.395 e. The highest BCUT2D eigenvalue weighted by molar-refractivity contribution is 7.89. The first-order valence-corrected chi connectivity index (χ1v) is 7.18. The van der Waals surface area contributed by atoms with E-state index >= 15 is 0 Å². The molecule has 2 N–H and O–H groups in total. The van der Waals surface area contributed by atoms with Crippen molar-refractivity contribution >= 4 is 15.7 Å². The van der Waals surface area contributed by atoms with Gasteiger partial charge in [0.1, 0.15) is 0 Å². The van der Waals surface area contributed by atoms with Gasteiger partial charge in [0.25, 0.3) is 5.69 Å². The van der Waals surface area contributed by atoms with Gasteiger partial charge in [-0.2, -0.15) is 0 Å². The molecule has 0 aliphatic rings. The summed E-state index contributed by atoms with van der Waals surface area (Å²) in [7, 11) is -3.88. The number of nitrogens with one attached hydrogen (secondary N) is 1. The van der Waals surface area contributed by atoms with Crippen molar-refractivity contribution in [1.82, 2.24) is 4.72 Å². The number of nitro groups is 1. The molecular weight excluding hydrogens is 272 g/mol. The molecule has 0 amide bonds. The highest BCUT2D eigenvalue weighted by Crippen LogP contribution is 2.21. The molecule has 106 valence electrons. The molecule has 1 unspecified atom stereocenters. The maximum absolute atomic E-state index is 12.1. The van der Waals surface area contributed by atoms with E-state index in [0.29, 0.717) is 12.0 Å². The van der Waals surface area contributed by atoms with Crippen molar-refractivity contribution in [3.05, 3.63) is 33.9 Å². The lowest BCUT2D eigenvalue weighted by atomic mass is 10.2. The third-order valence-electron chi connectivity index (χ3n) is 2.71. The number of benzene rings is 1. The van der Waals surface area contributed by atoms with E-state index in [1.807, 2.05) is 0 Å². The van der Waals surface area contributed by atoms with Crippen molar-refractivity contribution in [2.75, 3.05) is 6.61 Å². The molecular formula is C11H16N2O5S. The molecule has 7 nitrogen and oxygen atoms in total. The van der Waals surface area contributed by atoms with E-state index in [9.17, 15) is 18.5 Å². The van der Waals surface area contributed by atoms with Crippen LogP contribution in [0.25, 0.3) is 0 Å². The molecule has 8 heteroatoms. The van der Waals surface area contributed by atoms with Crippen LogP contribution in [0.5, 0.6) is 0 Å². The van der Waals surface area contributed by atoms with Crippen LogP contribution in [-0.2, 0) is 10.0 Å². The number of aryl methyl sites for hydroxylation is 1. The van der Waals surface area contributed by atoms with Gasteiger partial charge in [0.2, 0.25) is 10.0 Å². The second-order valence-corrected chi connectivity index (χ2v) is 5.80. The summed E-state index contributed by atoms with van der Waals surface area (Å²) in [5, 5.41) is 19.7. The van der Waals surface area contributed by atoms with E-state index in [-0.39, 0.29) is 17.2 Å². The van der Waals surface area contributed by atoms with E-state index in [4.69, 9.17) is 5.11 Å². The lowest BCUT2D eigenvalue weighted by molar-refractivity contribution is -0.385. The Hall–Kier alpha value is -1.51. The summed E-state index contributed by atoms with van der Waals surface area (Å²) in [6.07, 6.45) is 0.420. The number of aliphatic hydroxyl groups excluding tert-OH is 1. The van der Waals surface area contributed by atoms with Gasteiger partial charge >= 0.3 is 0 Å². The first kappa shape index (κ1) is 15.5. The summed E-state index contributed by atoms with van der Waals surface area (Å²) in [5.74, 6) is 0. The lowest BCUT2D eigenvalue weighted by Gasteiger charge is -2.15. The summed E-state index contributed by atoms with van der Waals surface area (Å²) in [4.78, 5) is 9.88. The second-order valence-electron chi connectivity index (χ2n) is 4.12. The lowest BCUT2D eigenvalue weighted by Crippen LogP contribution is -2.37. The number of hydrogen-bond donors (Lipinski definition) is 2. The maximum atomic E-state index is 12.1. The van der Waals surface area contributed by atoms with E-state index in [0.717, 1.165) is 6.07 Å². The molecule has 1 aromatic rings. The van der Waals surface area contributed by atoms with Crippen LogP contribution < -0.4 is 4.72 Å². The molecule has 19 heavy (non-hydrogen) atoms. The average molecular weight is 288 g/mol. The topological polar surface area (TPSA) is 110 Å². The van der Waals surface area contributed by atoms with Crippen LogP contribution in [0, 0.1) is 17.0 Å². The Morgan fingerprint density at radius 1 is 1.47 bits per heavy atom. The fraction of sp³-hybridized carbons (Fsp3) is 0.455. The van der Waals surface area contributed by atoms with Crippen LogP contribution in [0.4, 0.5) is 5.69 Å². The molecule has 0 fully saturated rings. The molecule has 1 atom stereocenters. The van der Waals surface area contributed by atoms with Gasteiger partial charge in [-0.3, -0.25) is 10.1 Å². The van der Waals surface area contributed by atoms with Gasteiger partial charge in [0.05, 0.1) is 16.4 Å². The quantitative estimate of drug-likeness (QED) is 0.598. The predicted octanol–water partition coefficient (Wildman–Crippen LogP) is 0.952. The molecule has 0 aliphatic carbocycles. The minimum absolute atomic E-state index is 0.145. The van der Waals surface area contributed by atoms with Gasteiger partial charge in [-0.1, -0.05) is 13.0 Å². The van der Waals surface area contributed by atoms with Gasteiger partial charge in [-0.25, -0.2) is 13.1 Å². The average Bonchev–Trinajstić information content (AvgIpc) is 2.35. The standard InChI is InChI=1S/C11H16N2O5S/c1-3-9(7-14)12-19(17,18)11-6-10(13(15)16)5-4-8(11)2/h4-6,9,12,14H,3,7H2,1-2H3. The fourth-order valence-corrected chi connectivity index (χ4v) is 3.10. The van der Waals surface area contributed by atoms with Gasteiger partial charge in [0, 0.05) is 18.2 Å². The Bertz CT molecular complexity index is 566. The number of aliphatic hydroxyl groups is 1. The Labute approximate surface area is 111 Å². The zero-order chi connectivity index (χ0) is 14.6. The van der Waals surface area contributed by atoms with Crippen molar-refractivity contribution < 1.29 is 18.4 Å². The molecule has 1 aromatic carbocycles. The van der Waals surface area contributed by atoms with Crippen LogP contribution in [0.15, 0.2) is 23.1 Å². The van der Waals surface area contributed by atoms with Crippen LogP contribution >= 0.6 is 0 Å². The SMILES string of the molecule is CCC(CO)NS(=O)(=O)c1cc([N+](=O)[O-])ccc1C. The molecule has 0 bridgehead atoms. The normalized spacial score (nSPS) is 13.2. The van der Waals surface area contributed by atoms with Gasteiger partial charge < -0.3 is 5.11 Å². The van der Waals surface area contributed by atoms with Crippen LogP contribution in [0.1, 0.15) is 18.9 Å². The molecule has 0 saturated heterocycles. The first-order chi connectivity index (χ1) is 8.81. The number of non-ortho nitro benzene ring substituents is 1. The molecule has 0 aliphatic heterocycles. The Morgan fingerprint density at radius 2 is 2.11 bits per heavy atom. The van der Waals surface area contributed by atoms with Crippen LogP contribution in [-0.4, -0.2) is 31.1 Å². The van der Waals surface area contributed by atoms with Crippen molar-refractivity contribution in [3.63, 3.8) is 0 Å². The molecule has 0 heterocycles. The highest BCUT2D eigenvalue weighted by atomic mass is 32.2. The molecule has 0 spiro atoms. The maximum Gasteiger partial charge on any atom is 0.270 e. The summed E-state index contributed by atoms with van der Waals surface area (Å²) in [5.41, 5.74) is 0.119. The molecule has 1 rings (SSSR count). The van der Waals surface area contributed by atoms with Crippen LogP contribution in [0.3, 0.4) is 0 Å². The van der Waals surface area contributed by atoms with Gasteiger partial charge in [0.15, 0.2) is 0 Å². The van der Waals surface area contributed by atoms with Crippen LogP contribution in [0.2, 0.25) is 0 Å². The molecule has 0 aromatic heterocycles. The largest absolute Gasteiger partial charge is 0.395 e. The molecule has 0 radical (unpaired) electrons. The number of nitro benzene ring substituents is 1. The fourth-order valence-electron chi connectivity index (χ4n) is 1.52. The third-order valence-corrected chi connectivity index (χ3v) is 4.37. The van der Waals surface area contributed by atoms with Crippen molar-refractivity contribution in [3.8, 4) is 0 Å². The summed E-state index contributed by atoms with van der Waals surface area (Å²) in [6, 6.07) is 3.04. The predicted molar refractivity (Wildman–Crippen MR) is 69.3 cm³/mol. The number of hydrogen-bond acceptors (Lipinski definition) is 5.